The molecule has 0 radical (unpaired) electrons. The molecular weight excluding hydrogens is 192 g/mol. The number of nitrogens with zero attached hydrogens (tertiary/aromatic N) is 1. The second kappa shape index (κ2) is 5.66. The van der Waals surface area contributed by atoms with Crippen LogP contribution in [0.5, 0.6) is 0 Å². The van der Waals surface area contributed by atoms with Crippen molar-refractivity contribution in [3.63, 3.8) is 0 Å². The van der Waals surface area contributed by atoms with Gasteiger partial charge in [-0.05, 0) is 6.42 Å². The van der Waals surface area contributed by atoms with E-state index in [1.165, 1.54) is 0 Å². The van der Waals surface area contributed by atoms with Crippen molar-refractivity contribution in [1.82, 2.24) is 9.97 Å². The highest BCUT2D eigenvalue weighted by Gasteiger charge is 2.09. The maximum atomic E-state index is 11.4. The first-order valence-electron chi connectivity index (χ1n) is 5.26. The third-order valence-corrected chi connectivity index (χ3v) is 2.20. The average Bonchev–Trinajstić information content (AvgIpc) is 2.17. The number of aromatic amines is 1. The summed E-state index contributed by atoms with van der Waals surface area (Å²) in [5, 5.41) is 0. The van der Waals surface area contributed by atoms with Crippen molar-refractivity contribution in [2.45, 2.75) is 32.6 Å². The Balaban J connectivity index is 2.92. The van der Waals surface area contributed by atoms with Crippen molar-refractivity contribution in [3.05, 3.63) is 27.9 Å². The number of rotatable bonds is 5. The van der Waals surface area contributed by atoms with Crippen molar-refractivity contribution in [1.29, 1.82) is 0 Å². The summed E-state index contributed by atoms with van der Waals surface area (Å²) in [6.45, 7) is 4.62. The number of hydrogen-bond donors (Lipinski definition) is 1. The molecule has 0 fully saturated rings. The van der Waals surface area contributed by atoms with Crippen LogP contribution in [0.25, 0.3) is 0 Å². The fourth-order valence-corrected chi connectivity index (χ4v) is 1.48. The summed E-state index contributed by atoms with van der Waals surface area (Å²) in [5.41, 5.74) is 0.783. The molecule has 0 spiro atoms. The van der Waals surface area contributed by atoms with E-state index in [0.29, 0.717) is 12.4 Å². The van der Waals surface area contributed by atoms with Crippen LogP contribution in [0.2, 0.25) is 0 Å². The maximum absolute atomic E-state index is 11.4. The molecule has 1 N–H and O–H groups in total. The topological polar surface area (TPSA) is 55.0 Å². The molecule has 1 unspecified atom stereocenters. The van der Waals surface area contributed by atoms with E-state index in [9.17, 15) is 4.79 Å². The van der Waals surface area contributed by atoms with Gasteiger partial charge in [0.1, 0.15) is 5.82 Å². The van der Waals surface area contributed by atoms with Crippen LogP contribution in [0.4, 0.5) is 0 Å². The number of ether oxygens (including phenoxy) is 1. The lowest BCUT2D eigenvalue weighted by molar-refractivity contribution is 0.181. The normalized spacial score (nSPS) is 12.7. The maximum Gasteiger partial charge on any atom is 0.251 e. The fourth-order valence-electron chi connectivity index (χ4n) is 1.48. The van der Waals surface area contributed by atoms with Gasteiger partial charge in [0.2, 0.25) is 0 Å². The van der Waals surface area contributed by atoms with Crippen molar-refractivity contribution in [2.24, 2.45) is 0 Å². The van der Waals surface area contributed by atoms with Crippen LogP contribution in [0.15, 0.2) is 10.9 Å². The molecule has 1 aromatic heterocycles. The number of methoxy groups -OCH3 is 1. The van der Waals surface area contributed by atoms with Gasteiger partial charge in [0, 0.05) is 24.8 Å². The molecule has 0 aliphatic rings. The van der Waals surface area contributed by atoms with E-state index in [1.54, 1.807) is 13.2 Å². The van der Waals surface area contributed by atoms with E-state index in [2.05, 4.69) is 16.9 Å². The van der Waals surface area contributed by atoms with Gasteiger partial charge in [-0.1, -0.05) is 20.3 Å². The molecule has 0 amide bonds. The molecule has 84 valence electrons. The largest absolute Gasteiger partial charge is 0.384 e. The number of H-pyrrole nitrogens is 1. The Kier molecular flexibility index (Phi) is 4.49. The lowest BCUT2D eigenvalue weighted by Crippen LogP contribution is -2.16. The number of nitrogens with one attached hydrogen (secondary N) is 1. The van der Waals surface area contributed by atoms with Crippen LogP contribution in [0.3, 0.4) is 0 Å². The molecule has 4 heteroatoms. The molecule has 0 aliphatic heterocycles. The van der Waals surface area contributed by atoms with Crippen LogP contribution >= 0.6 is 0 Å². The molecule has 4 nitrogen and oxygen atoms in total. The monoisotopic (exact) mass is 210 g/mol. The lowest BCUT2D eigenvalue weighted by atomic mass is 10.1. The van der Waals surface area contributed by atoms with Crippen LogP contribution in [0.1, 0.15) is 37.7 Å². The Hall–Kier alpha value is -1.16. The van der Waals surface area contributed by atoms with Crippen LogP contribution in [0, 0.1) is 0 Å². The first-order valence-corrected chi connectivity index (χ1v) is 5.26. The number of aromatic nitrogens is 2. The molecule has 0 aromatic carbocycles. The molecule has 0 saturated heterocycles. The van der Waals surface area contributed by atoms with E-state index in [0.717, 1.165) is 18.5 Å². The zero-order valence-corrected chi connectivity index (χ0v) is 9.54. The molecule has 1 aromatic rings. The highest BCUT2D eigenvalue weighted by molar-refractivity contribution is 5.05. The van der Waals surface area contributed by atoms with Crippen LogP contribution < -0.4 is 5.56 Å². The minimum absolute atomic E-state index is 0.0774. The van der Waals surface area contributed by atoms with E-state index in [-0.39, 0.29) is 11.5 Å². The Morgan fingerprint density at radius 2 is 2.33 bits per heavy atom. The average molecular weight is 210 g/mol. The predicted octanol–water partition coefficient (Wildman–Crippen LogP) is 1.47. The molecular formula is C11H18N2O2. The fraction of sp³-hybridized carbons (Fsp3) is 0.636. The third kappa shape index (κ3) is 3.47. The van der Waals surface area contributed by atoms with Gasteiger partial charge >= 0.3 is 0 Å². The van der Waals surface area contributed by atoms with Gasteiger partial charge in [0.15, 0.2) is 0 Å². The minimum Gasteiger partial charge on any atom is -0.384 e. The second-order valence-electron chi connectivity index (χ2n) is 3.73. The lowest BCUT2D eigenvalue weighted by Gasteiger charge is -2.10. The second-order valence-corrected chi connectivity index (χ2v) is 3.73. The van der Waals surface area contributed by atoms with Crippen molar-refractivity contribution in [3.8, 4) is 0 Å². The smallest absolute Gasteiger partial charge is 0.251 e. The summed E-state index contributed by atoms with van der Waals surface area (Å²) in [7, 11) is 1.64. The van der Waals surface area contributed by atoms with Gasteiger partial charge in [-0.2, -0.15) is 0 Å². The van der Waals surface area contributed by atoms with Crippen molar-refractivity contribution < 1.29 is 4.74 Å². The quantitative estimate of drug-likeness (QED) is 0.800. The Bertz CT molecular complexity index is 360. The molecule has 0 aliphatic carbocycles. The summed E-state index contributed by atoms with van der Waals surface area (Å²) in [4.78, 5) is 18.5. The van der Waals surface area contributed by atoms with Gasteiger partial charge < -0.3 is 9.72 Å². The predicted molar refractivity (Wildman–Crippen MR) is 59.1 cm³/mol. The van der Waals surface area contributed by atoms with Gasteiger partial charge in [-0.25, -0.2) is 4.98 Å². The van der Waals surface area contributed by atoms with E-state index < -0.39 is 0 Å². The van der Waals surface area contributed by atoms with Gasteiger partial charge in [-0.15, -0.1) is 0 Å². The molecule has 0 saturated carbocycles. The zero-order chi connectivity index (χ0) is 11.3. The van der Waals surface area contributed by atoms with E-state index in [4.69, 9.17) is 4.74 Å². The summed E-state index contributed by atoms with van der Waals surface area (Å²) < 4.78 is 5.04. The zero-order valence-electron chi connectivity index (χ0n) is 9.54. The summed E-state index contributed by atoms with van der Waals surface area (Å²) in [6, 6.07) is 1.56. The Labute approximate surface area is 89.7 Å². The highest BCUT2D eigenvalue weighted by atomic mass is 16.5. The molecule has 0 bridgehead atoms. The van der Waals surface area contributed by atoms with Gasteiger partial charge in [0.25, 0.3) is 5.56 Å². The van der Waals surface area contributed by atoms with E-state index in [1.807, 2.05) is 6.92 Å². The highest BCUT2D eigenvalue weighted by Crippen LogP contribution is 2.09. The summed E-state index contributed by atoms with van der Waals surface area (Å²) in [6.07, 6.45) is 1.84. The van der Waals surface area contributed by atoms with Crippen LogP contribution in [-0.4, -0.2) is 23.7 Å². The Morgan fingerprint density at radius 1 is 1.60 bits per heavy atom. The Morgan fingerprint density at radius 3 is 2.93 bits per heavy atom. The van der Waals surface area contributed by atoms with Crippen molar-refractivity contribution in [2.75, 3.05) is 13.7 Å². The third-order valence-electron chi connectivity index (χ3n) is 2.20. The van der Waals surface area contributed by atoms with Gasteiger partial charge in [0.05, 0.1) is 6.61 Å². The summed E-state index contributed by atoms with van der Waals surface area (Å²) >= 11 is 0. The summed E-state index contributed by atoms with van der Waals surface area (Å²) in [5.74, 6) is 0.840. The molecule has 1 rings (SSSR count). The number of aryl methyl sites for hydroxylation is 1. The molecule has 1 heterocycles. The molecule has 1 atom stereocenters. The van der Waals surface area contributed by atoms with Crippen LogP contribution in [-0.2, 0) is 11.2 Å². The van der Waals surface area contributed by atoms with Crippen molar-refractivity contribution >= 4 is 0 Å². The SMILES string of the molecule is CCCc1cc(=O)[nH]c(C(C)COC)n1. The standard InChI is InChI=1S/C11H18N2O2/c1-4-5-9-6-10(14)13-11(12-9)8(2)7-15-3/h6,8H,4-5,7H2,1-3H3,(H,12,13,14). The first-order chi connectivity index (χ1) is 7.17. The van der Waals surface area contributed by atoms with Gasteiger partial charge in [-0.3, -0.25) is 4.79 Å². The van der Waals surface area contributed by atoms with E-state index >= 15 is 0 Å². The minimum atomic E-state index is -0.0774. The molecule has 15 heavy (non-hydrogen) atoms. The first kappa shape index (κ1) is 11.9. The number of hydrogen-bond acceptors (Lipinski definition) is 3.